The van der Waals surface area contributed by atoms with Crippen molar-refractivity contribution in [1.29, 1.82) is 0 Å². The number of carbonyl (C=O) groups is 5. The fourth-order valence-electron chi connectivity index (χ4n) is 2.19. The third-order valence-electron chi connectivity index (χ3n) is 3.86. The maximum absolute atomic E-state index is 12.6. The van der Waals surface area contributed by atoms with Gasteiger partial charge in [-0.3, -0.25) is 19.2 Å². The highest BCUT2D eigenvalue weighted by atomic mass is 16.4. The highest BCUT2D eigenvalue weighted by Crippen LogP contribution is 2.05. The monoisotopic (exact) mass is 419 g/mol. The molecular formula is C16H29N5O8. The molecule has 0 heterocycles. The van der Waals surface area contributed by atoms with Gasteiger partial charge in [0.05, 0.1) is 19.1 Å². The summed E-state index contributed by atoms with van der Waals surface area (Å²) in [5.41, 5.74) is 10.5. The molecule has 13 nitrogen and oxygen atoms in total. The molecule has 0 bridgehead atoms. The Balaban J connectivity index is 5.43. The van der Waals surface area contributed by atoms with Crippen molar-refractivity contribution in [3.05, 3.63) is 0 Å². The normalized spacial score (nSPS) is 16.1. The Hall–Kier alpha value is -2.77. The van der Waals surface area contributed by atoms with E-state index in [4.69, 9.17) is 21.7 Å². The summed E-state index contributed by atoms with van der Waals surface area (Å²) in [6.45, 7) is 3.66. The molecule has 0 aromatic carbocycles. The predicted molar refractivity (Wildman–Crippen MR) is 98.8 cm³/mol. The van der Waals surface area contributed by atoms with Gasteiger partial charge in [0.2, 0.25) is 23.6 Å². The molecule has 4 amide bonds. The van der Waals surface area contributed by atoms with Crippen molar-refractivity contribution in [1.82, 2.24) is 16.0 Å². The van der Waals surface area contributed by atoms with Crippen molar-refractivity contribution in [3.63, 3.8) is 0 Å². The van der Waals surface area contributed by atoms with E-state index < -0.39 is 78.8 Å². The molecule has 0 saturated carbocycles. The van der Waals surface area contributed by atoms with Crippen LogP contribution in [0, 0.1) is 5.92 Å². The first-order valence-corrected chi connectivity index (χ1v) is 8.78. The zero-order valence-electron chi connectivity index (χ0n) is 16.4. The molecule has 0 aliphatic rings. The van der Waals surface area contributed by atoms with E-state index in [9.17, 15) is 29.1 Å². The standard InChI is InChI=1S/C16H29N5O8/c1-6(2)11(20-13(25)8(17)5-22)15(27)19-9(4-10(18)24)14(26)21-12(7(3)23)16(28)29/h6-9,11-12,22-23H,4-5,17H2,1-3H3,(H2,18,24)(H,19,27)(H,20,25)(H,21,26)(H,28,29). The Kier molecular flexibility index (Phi) is 10.8. The quantitative estimate of drug-likeness (QED) is 0.153. The van der Waals surface area contributed by atoms with E-state index in [1.807, 2.05) is 5.32 Å². The van der Waals surface area contributed by atoms with E-state index in [1.165, 1.54) is 0 Å². The summed E-state index contributed by atoms with van der Waals surface area (Å²) >= 11 is 0. The van der Waals surface area contributed by atoms with Crippen LogP contribution in [0.3, 0.4) is 0 Å². The number of carboxylic acids is 1. The van der Waals surface area contributed by atoms with Crippen LogP contribution in [-0.2, 0) is 24.0 Å². The van der Waals surface area contributed by atoms with E-state index in [1.54, 1.807) is 13.8 Å². The fraction of sp³-hybridized carbons (Fsp3) is 0.688. The van der Waals surface area contributed by atoms with Crippen LogP contribution < -0.4 is 27.4 Å². The molecule has 29 heavy (non-hydrogen) atoms. The summed E-state index contributed by atoms with van der Waals surface area (Å²) in [4.78, 5) is 59.2. The highest BCUT2D eigenvalue weighted by molar-refractivity contribution is 5.96. The van der Waals surface area contributed by atoms with E-state index in [-0.39, 0.29) is 0 Å². The molecule has 13 heteroatoms. The number of aliphatic hydroxyl groups excluding tert-OH is 2. The van der Waals surface area contributed by atoms with Crippen molar-refractivity contribution in [2.75, 3.05) is 6.61 Å². The van der Waals surface area contributed by atoms with Gasteiger partial charge in [0.1, 0.15) is 18.1 Å². The summed E-state index contributed by atoms with van der Waals surface area (Å²) in [5.74, 6) is -5.68. The lowest BCUT2D eigenvalue weighted by molar-refractivity contribution is -0.145. The zero-order valence-corrected chi connectivity index (χ0v) is 16.4. The van der Waals surface area contributed by atoms with E-state index in [0.717, 1.165) is 6.92 Å². The van der Waals surface area contributed by atoms with Crippen LogP contribution in [0.15, 0.2) is 0 Å². The third-order valence-corrected chi connectivity index (χ3v) is 3.86. The van der Waals surface area contributed by atoms with Gasteiger partial charge >= 0.3 is 5.97 Å². The zero-order chi connectivity index (χ0) is 22.9. The summed E-state index contributed by atoms with van der Waals surface area (Å²) in [7, 11) is 0. The number of nitrogens with two attached hydrogens (primary N) is 2. The second-order valence-corrected chi connectivity index (χ2v) is 6.82. The Morgan fingerprint density at radius 2 is 1.41 bits per heavy atom. The smallest absolute Gasteiger partial charge is 0.328 e. The van der Waals surface area contributed by atoms with Crippen LogP contribution in [0.2, 0.25) is 0 Å². The summed E-state index contributed by atoms with van der Waals surface area (Å²) in [6, 6.07) is -5.67. The van der Waals surface area contributed by atoms with Crippen LogP contribution in [-0.4, -0.2) is 81.8 Å². The minimum atomic E-state index is -1.68. The van der Waals surface area contributed by atoms with Crippen LogP contribution in [0.25, 0.3) is 0 Å². The molecule has 0 aromatic heterocycles. The molecule has 0 fully saturated rings. The number of aliphatic carboxylic acids is 1. The van der Waals surface area contributed by atoms with E-state index >= 15 is 0 Å². The van der Waals surface area contributed by atoms with Gasteiger partial charge in [-0.05, 0) is 12.8 Å². The molecule has 0 radical (unpaired) electrons. The molecule has 0 spiro atoms. The molecule has 0 aliphatic carbocycles. The number of rotatable bonds is 12. The first-order valence-electron chi connectivity index (χ1n) is 8.78. The number of nitrogens with one attached hydrogen (secondary N) is 3. The van der Waals surface area contributed by atoms with E-state index in [0.29, 0.717) is 0 Å². The van der Waals surface area contributed by atoms with Crippen molar-refractivity contribution >= 4 is 29.6 Å². The number of hydrogen-bond acceptors (Lipinski definition) is 8. The maximum Gasteiger partial charge on any atom is 0.328 e. The van der Waals surface area contributed by atoms with Gasteiger partial charge in [-0.15, -0.1) is 0 Å². The molecule has 5 atom stereocenters. The second-order valence-electron chi connectivity index (χ2n) is 6.82. The number of hydrogen-bond donors (Lipinski definition) is 8. The molecular weight excluding hydrogens is 390 g/mol. The molecule has 10 N–H and O–H groups in total. The molecule has 0 saturated heterocycles. The van der Waals surface area contributed by atoms with Crippen molar-refractivity contribution < 1.29 is 39.3 Å². The lowest BCUT2D eigenvalue weighted by Crippen LogP contribution is -2.60. The van der Waals surface area contributed by atoms with Crippen molar-refractivity contribution in [2.45, 2.75) is 57.5 Å². The second kappa shape index (κ2) is 11.9. The summed E-state index contributed by atoms with van der Waals surface area (Å²) in [6.07, 6.45) is -2.11. The van der Waals surface area contributed by atoms with Gasteiger partial charge in [-0.2, -0.15) is 0 Å². The third kappa shape index (κ3) is 8.85. The summed E-state index contributed by atoms with van der Waals surface area (Å²) in [5, 5.41) is 34.0. The number of primary amides is 1. The van der Waals surface area contributed by atoms with Crippen LogP contribution in [0.5, 0.6) is 0 Å². The molecule has 0 aromatic rings. The minimum Gasteiger partial charge on any atom is -0.480 e. The van der Waals surface area contributed by atoms with Gasteiger partial charge in [0.15, 0.2) is 6.04 Å². The average Bonchev–Trinajstić information content (AvgIpc) is 2.60. The van der Waals surface area contributed by atoms with Gasteiger partial charge in [0.25, 0.3) is 0 Å². The SMILES string of the molecule is CC(C)C(NC(=O)C(N)CO)C(=O)NC(CC(N)=O)C(=O)NC(C(=O)O)C(C)O. The Morgan fingerprint density at radius 3 is 1.79 bits per heavy atom. The maximum atomic E-state index is 12.6. The first-order chi connectivity index (χ1) is 13.3. The lowest BCUT2D eigenvalue weighted by Gasteiger charge is -2.26. The summed E-state index contributed by atoms with van der Waals surface area (Å²) < 4.78 is 0. The number of carboxylic acid groups (broad SMARTS) is 1. The molecule has 5 unspecified atom stereocenters. The Morgan fingerprint density at radius 1 is 0.897 bits per heavy atom. The molecule has 0 aliphatic heterocycles. The van der Waals surface area contributed by atoms with Crippen molar-refractivity contribution in [3.8, 4) is 0 Å². The van der Waals surface area contributed by atoms with Gasteiger partial charge < -0.3 is 42.7 Å². The first kappa shape index (κ1) is 26.2. The number of aliphatic hydroxyl groups is 2. The van der Waals surface area contributed by atoms with Gasteiger partial charge in [-0.1, -0.05) is 13.8 Å². The number of carbonyl (C=O) groups excluding carboxylic acids is 4. The lowest BCUT2D eigenvalue weighted by atomic mass is 10.0. The van der Waals surface area contributed by atoms with Gasteiger partial charge in [-0.25, -0.2) is 4.79 Å². The Bertz CT molecular complexity index is 624. The predicted octanol–water partition coefficient (Wildman–Crippen LogP) is -4.24. The highest BCUT2D eigenvalue weighted by Gasteiger charge is 2.33. The largest absolute Gasteiger partial charge is 0.480 e. The number of amides is 4. The Labute approximate surface area is 167 Å². The van der Waals surface area contributed by atoms with Crippen LogP contribution >= 0.6 is 0 Å². The van der Waals surface area contributed by atoms with Crippen molar-refractivity contribution in [2.24, 2.45) is 17.4 Å². The van der Waals surface area contributed by atoms with E-state index in [2.05, 4.69) is 10.6 Å². The average molecular weight is 419 g/mol. The van der Waals surface area contributed by atoms with Crippen LogP contribution in [0.1, 0.15) is 27.2 Å². The topological polar surface area (TPSA) is 234 Å². The minimum absolute atomic E-state index is 0.466. The fourth-order valence-corrected chi connectivity index (χ4v) is 2.19. The van der Waals surface area contributed by atoms with Gasteiger partial charge in [0, 0.05) is 0 Å². The molecule has 166 valence electrons. The van der Waals surface area contributed by atoms with Crippen LogP contribution in [0.4, 0.5) is 0 Å². The molecule has 0 rings (SSSR count).